The first-order chi connectivity index (χ1) is 8.47. The number of benzene rings is 2. The molecule has 0 radical (unpaired) electrons. The van der Waals surface area contributed by atoms with Gasteiger partial charge in [-0.2, -0.15) is 0 Å². The quantitative estimate of drug-likeness (QED) is 0.551. The van der Waals surface area contributed by atoms with Crippen LogP contribution in [-0.2, 0) is 0 Å². The predicted octanol–water partition coefficient (Wildman–Crippen LogP) is 7.10. The zero-order valence-corrected chi connectivity index (χ0v) is 13.3. The molecule has 0 aliphatic rings. The average molecular weight is 359 g/mol. The molecule has 0 saturated carbocycles. The Morgan fingerprint density at radius 1 is 0.667 bits per heavy atom. The van der Waals surface area contributed by atoms with E-state index in [-0.39, 0.29) is 0 Å². The molecule has 2 aromatic rings. The molecule has 0 unspecified atom stereocenters. The first kappa shape index (κ1) is 14.6. The van der Waals surface area contributed by atoms with E-state index < -0.39 is 0 Å². The average Bonchev–Trinajstić information content (AvgIpc) is 2.25. The Morgan fingerprint density at radius 2 is 1.22 bits per heavy atom. The SMILES string of the molecule is Clc1ccc(Sc2c(Cl)cc(Cl)cc2Cl)c(Cl)c1. The van der Waals surface area contributed by atoms with Crippen molar-refractivity contribution in [3.63, 3.8) is 0 Å². The largest absolute Gasteiger partial charge is 0.0854 e. The van der Waals surface area contributed by atoms with Crippen molar-refractivity contribution in [3.05, 3.63) is 55.4 Å². The van der Waals surface area contributed by atoms with E-state index in [0.717, 1.165) is 4.90 Å². The van der Waals surface area contributed by atoms with Gasteiger partial charge in [-0.05, 0) is 30.3 Å². The van der Waals surface area contributed by atoms with Crippen LogP contribution in [0.25, 0.3) is 0 Å². The summed E-state index contributed by atoms with van der Waals surface area (Å²) >= 11 is 31.4. The van der Waals surface area contributed by atoms with Crippen LogP contribution in [0.4, 0.5) is 0 Å². The van der Waals surface area contributed by atoms with Crippen LogP contribution in [0.1, 0.15) is 0 Å². The number of hydrogen-bond donors (Lipinski definition) is 0. The maximum Gasteiger partial charge on any atom is 0.0575 e. The van der Waals surface area contributed by atoms with Crippen molar-refractivity contribution in [2.24, 2.45) is 0 Å². The van der Waals surface area contributed by atoms with Gasteiger partial charge >= 0.3 is 0 Å². The van der Waals surface area contributed by atoms with Gasteiger partial charge in [-0.3, -0.25) is 0 Å². The lowest BCUT2D eigenvalue weighted by Crippen LogP contribution is -1.80. The highest BCUT2D eigenvalue weighted by Gasteiger charge is 2.11. The van der Waals surface area contributed by atoms with Crippen molar-refractivity contribution < 1.29 is 0 Å². The fourth-order valence-electron chi connectivity index (χ4n) is 1.29. The molecule has 2 rings (SSSR count). The Hall–Kier alpha value is 0.240. The van der Waals surface area contributed by atoms with Crippen LogP contribution >= 0.6 is 69.8 Å². The van der Waals surface area contributed by atoms with Gasteiger partial charge in [0.25, 0.3) is 0 Å². The Labute approximate surface area is 134 Å². The zero-order chi connectivity index (χ0) is 13.3. The minimum atomic E-state index is 0.489. The highest BCUT2D eigenvalue weighted by Crippen LogP contribution is 2.42. The van der Waals surface area contributed by atoms with E-state index in [0.29, 0.717) is 30.0 Å². The molecule has 0 N–H and O–H groups in total. The first-order valence-electron chi connectivity index (χ1n) is 4.75. The maximum atomic E-state index is 6.11. The molecule has 0 aliphatic carbocycles. The molecule has 18 heavy (non-hydrogen) atoms. The summed E-state index contributed by atoms with van der Waals surface area (Å²) in [5, 5.41) is 2.61. The normalized spacial score (nSPS) is 10.7. The minimum absolute atomic E-state index is 0.489. The molecular weight excluding hydrogens is 353 g/mol. The first-order valence-corrected chi connectivity index (χ1v) is 7.45. The molecular formula is C12H5Cl5S. The predicted molar refractivity (Wildman–Crippen MR) is 82.1 cm³/mol. The van der Waals surface area contributed by atoms with Gasteiger partial charge in [0.1, 0.15) is 0 Å². The summed E-state index contributed by atoms with van der Waals surface area (Å²) in [6.45, 7) is 0. The Morgan fingerprint density at radius 3 is 1.78 bits per heavy atom. The maximum absolute atomic E-state index is 6.11. The molecule has 0 nitrogen and oxygen atoms in total. The van der Waals surface area contributed by atoms with Gasteiger partial charge in [0.15, 0.2) is 0 Å². The van der Waals surface area contributed by atoms with E-state index in [4.69, 9.17) is 58.0 Å². The number of rotatable bonds is 2. The molecule has 2 aromatic carbocycles. The van der Waals surface area contributed by atoms with Gasteiger partial charge in [0, 0.05) is 19.8 Å². The molecule has 0 amide bonds. The minimum Gasteiger partial charge on any atom is -0.0854 e. The molecule has 0 aliphatic heterocycles. The van der Waals surface area contributed by atoms with Gasteiger partial charge < -0.3 is 0 Å². The highest BCUT2D eigenvalue weighted by molar-refractivity contribution is 7.99. The smallest absolute Gasteiger partial charge is 0.0575 e. The van der Waals surface area contributed by atoms with Crippen LogP contribution in [0, 0.1) is 0 Å². The molecule has 0 atom stereocenters. The van der Waals surface area contributed by atoms with E-state index in [1.165, 1.54) is 11.8 Å². The molecule has 94 valence electrons. The Kier molecular flexibility index (Phi) is 4.99. The molecule has 0 spiro atoms. The summed E-state index contributed by atoms with van der Waals surface area (Å²) in [4.78, 5) is 1.54. The van der Waals surface area contributed by atoms with Crippen LogP contribution in [0.15, 0.2) is 40.1 Å². The summed E-state index contributed by atoms with van der Waals surface area (Å²) < 4.78 is 0. The summed E-state index contributed by atoms with van der Waals surface area (Å²) in [6.07, 6.45) is 0. The third-order valence-electron chi connectivity index (χ3n) is 2.07. The topological polar surface area (TPSA) is 0 Å². The second kappa shape index (κ2) is 6.13. The van der Waals surface area contributed by atoms with Crippen LogP contribution in [-0.4, -0.2) is 0 Å². The van der Waals surface area contributed by atoms with Gasteiger partial charge in [-0.1, -0.05) is 69.8 Å². The zero-order valence-electron chi connectivity index (χ0n) is 8.68. The van der Waals surface area contributed by atoms with Crippen molar-refractivity contribution in [2.75, 3.05) is 0 Å². The Bertz CT molecular complexity index is 574. The lowest BCUT2D eigenvalue weighted by Gasteiger charge is -2.09. The van der Waals surface area contributed by atoms with Crippen LogP contribution in [0.3, 0.4) is 0 Å². The van der Waals surface area contributed by atoms with E-state index >= 15 is 0 Å². The van der Waals surface area contributed by atoms with E-state index in [9.17, 15) is 0 Å². The van der Waals surface area contributed by atoms with Crippen molar-refractivity contribution in [2.45, 2.75) is 9.79 Å². The third kappa shape index (κ3) is 3.41. The van der Waals surface area contributed by atoms with Crippen molar-refractivity contribution in [3.8, 4) is 0 Å². The van der Waals surface area contributed by atoms with Gasteiger partial charge in [-0.25, -0.2) is 0 Å². The molecule has 6 heteroatoms. The Balaban J connectivity index is 2.40. The van der Waals surface area contributed by atoms with Crippen LogP contribution < -0.4 is 0 Å². The van der Waals surface area contributed by atoms with Crippen molar-refractivity contribution in [1.29, 1.82) is 0 Å². The lowest BCUT2D eigenvalue weighted by molar-refractivity contribution is 1.40. The van der Waals surface area contributed by atoms with Gasteiger partial charge in [-0.15, -0.1) is 0 Å². The highest BCUT2D eigenvalue weighted by atomic mass is 35.5. The van der Waals surface area contributed by atoms with Gasteiger partial charge in [0.2, 0.25) is 0 Å². The van der Waals surface area contributed by atoms with Crippen molar-refractivity contribution >= 4 is 69.8 Å². The third-order valence-corrected chi connectivity index (χ3v) is 4.99. The second-order valence-corrected chi connectivity index (χ2v) is 6.52. The molecule has 0 fully saturated rings. The lowest BCUT2D eigenvalue weighted by atomic mass is 10.3. The van der Waals surface area contributed by atoms with E-state index in [2.05, 4.69) is 0 Å². The van der Waals surface area contributed by atoms with E-state index in [1.807, 2.05) is 6.07 Å². The summed E-state index contributed by atoms with van der Waals surface area (Å²) in [7, 11) is 0. The standard InChI is InChI=1S/C12H5Cl5S/c13-6-1-2-11(8(15)3-6)18-12-9(16)4-7(14)5-10(12)17/h1-5H. The number of halogens is 5. The molecule has 0 bridgehead atoms. The van der Waals surface area contributed by atoms with Crippen LogP contribution in [0.2, 0.25) is 25.1 Å². The second-order valence-electron chi connectivity index (χ2n) is 3.38. The van der Waals surface area contributed by atoms with E-state index in [1.54, 1.807) is 24.3 Å². The molecule has 0 heterocycles. The number of hydrogen-bond acceptors (Lipinski definition) is 1. The molecule has 0 saturated heterocycles. The molecule has 0 aromatic heterocycles. The fourth-order valence-corrected chi connectivity index (χ4v) is 3.69. The fraction of sp³-hybridized carbons (Fsp3) is 0. The monoisotopic (exact) mass is 356 g/mol. The summed E-state index contributed by atoms with van der Waals surface area (Å²) in [5.74, 6) is 0. The summed E-state index contributed by atoms with van der Waals surface area (Å²) in [6, 6.07) is 8.52. The van der Waals surface area contributed by atoms with Gasteiger partial charge in [0.05, 0.1) is 15.1 Å². The summed E-state index contributed by atoms with van der Waals surface area (Å²) in [5.41, 5.74) is 0. The van der Waals surface area contributed by atoms with Crippen molar-refractivity contribution in [1.82, 2.24) is 0 Å². The van der Waals surface area contributed by atoms with Crippen LogP contribution in [0.5, 0.6) is 0 Å².